The Bertz CT molecular complexity index is 1410. The summed E-state index contributed by atoms with van der Waals surface area (Å²) < 4.78 is 0.371. The molecule has 0 amide bonds. The summed E-state index contributed by atoms with van der Waals surface area (Å²) in [6.07, 6.45) is 0. The van der Waals surface area contributed by atoms with Gasteiger partial charge in [-0.15, -0.1) is 0 Å². The summed E-state index contributed by atoms with van der Waals surface area (Å²) in [6, 6.07) is 21.7. The Kier molecular flexibility index (Phi) is 0.559. The molecule has 3 heteroatoms. The molecule has 0 aliphatic carbocycles. The average Bonchev–Trinajstić information content (AvgIpc) is 3.63. The fourth-order valence-corrected chi connectivity index (χ4v) is 96.7. The summed E-state index contributed by atoms with van der Waals surface area (Å²) in [4.78, 5) is 25.3. The second kappa shape index (κ2) is 1.30. The molecule has 0 saturated carbocycles. The molecule has 4 atom stereocenters. The standard InChI is InChI=1S/C18H14OP.C5H5.Fe/c19-18(15-9-7-8-10-15)20(16-11-3-1-4-12-16)17-13-5-2-6-14-17;1-2-4-5-3-1;/h1-14H;1-5H;. The van der Waals surface area contributed by atoms with E-state index in [0.717, 1.165) is 15.2 Å². The third-order valence-electron chi connectivity index (χ3n) is 17.2. The third-order valence-corrected chi connectivity index (χ3v) is 62.1. The molecule has 1 nitrogen and oxygen atoms in total. The van der Waals surface area contributed by atoms with Gasteiger partial charge in [0.2, 0.25) is 0 Å². The van der Waals surface area contributed by atoms with E-state index in [1.54, 1.807) is 0 Å². The predicted molar refractivity (Wildman–Crippen MR) is 101 cm³/mol. The number of fused-ring (bicyclic) bond motifs is 10. The SMILES string of the molecule is O=C(P(c1ccccc1)c1ccccc1)[C]12[CH]3[CH]4[CH]5[CH]1[Fe]45321678[CH]2[CH]1[CH]6[CH]7[CH]28. The first-order valence-electron chi connectivity index (χ1n) is 10.2. The van der Waals surface area contributed by atoms with Gasteiger partial charge in [0.15, 0.2) is 0 Å². The molecule has 10 heterocycles. The van der Waals surface area contributed by atoms with Gasteiger partial charge >= 0.3 is 144 Å². The summed E-state index contributed by atoms with van der Waals surface area (Å²) in [5.74, 6) is 0. The summed E-state index contributed by atoms with van der Waals surface area (Å²) in [6.45, 7) is -3.37. The van der Waals surface area contributed by atoms with Crippen molar-refractivity contribution in [3.63, 3.8) is 0 Å². The fraction of sp³-hybridized carbons (Fsp3) is 0.435. The molecule has 130 valence electrons. The number of rotatable bonds is 4. The van der Waals surface area contributed by atoms with E-state index in [9.17, 15) is 4.79 Å². The van der Waals surface area contributed by atoms with Crippen LogP contribution < -0.4 is 10.6 Å². The van der Waals surface area contributed by atoms with Crippen molar-refractivity contribution in [2.45, 2.75) is 47.7 Å². The molecule has 2 aromatic carbocycles. The molecule has 10 aliphatic rings. The number of benzene rings is 2. The van der Waals surface area contributed by atoms with E-state index in [2.05, 4.69) is 60.7 Å². The van der Waals surface area contributed by atoms with Crippen LogP contribution in [-0.2, 0) is 11.3 Å². The predicted octanol–water partition coefficient (Wildman–Crippen LogP) is 5.41. The first-order chi connectivity index (χ1) is 12.5. The first kappa shape index (κ1) is 11.2. The van der Waals surface area contributed by atoms with E-state index in [0.29, 0.717) is 4.31 Å². The van der Waals surface area contributed by atoms with Crippen molar-refractivity contribution >= 4 is 24.1 Å². The summed E-state index contributed by atoms with van der Waals surface area (Å²) in [5, 5.41) is 2.63. The summed E-state index contributed by atoms with van der Waals surface area (Å²) in [7, 11) is -0.822. The molecule has 4 unspecified atom stereocenters. The molecule has 10 aliphatic heterocycles. The second-order valence-corrected chi connectivity index (χ2v) is 38.7. The van der Waals surface area contributed by atoms with E-state index in [1.165, 1.54) is 44.3 Å². The molecule has 0 radical (unpaired) electrons. The van der Waals surface area contributed by atoms with Crippen molar-refractivity contribution in [1.29, 1.82) is 0 Å². The van der Waals surface area contributed by atoms with E-state index < -0.39 is 14.4 Å². The topological polar surface area (TPSA) is 17.1 Å². The Morgan fingerprint density at radius 3 is 1.42 bits per heavy atom. The molecule has 10 saturated heterocycles. The Morgan fingerprint density at radius 2 is 1.12 bits per heavy atom. The molecule has 2 aromatic rings. The fourth-order valence-electron chi connectivity index (χ4n) is 18.5. The van der Waals surface area contributed by atoms with Gasteiger partial charge in [-0.2, -0.15) is 0 Å². The van der Waals surface area contributed by atoms with Crippen molar-refractivity contribution in [3.8, 4) is 0 Å². The van der Waals surface area contributed by atoms with E-state index in [-0.39, 0.29) is 0 Å². The maximum atomic E-state index is 14.6. The molecular formula is C23H19FeOP. The number of hydrogen-bond acceptors (Lipinski definition) is 1. The minimum atomic E-state index is -3.37. The second-order valence-electron chi connectivity index (χ2n) is 13.0. The van der Waals surface area contributed by atoms with E-state index in [1.807, 2.05) is 0 Å². The molecule has 10 fully saturated rings. The quantitative estimate of drug-likeness (QED) is 0.498. The Balaban J connectivity index is 1.20. The van der Waals surface area contributed by atoms with Crippen molar-refractivity contribution in [2.24, 2.45) is 0 Å². The molecule has 12 rings (SSSR count). The van der Waals surface area contributed by atoms with Gasteiger partial charge in [0.05, 0.1) is 0 Å². The van der Waals surface area contributed by atoms with E-state index >= 15 is 0 Å². The minimum absolute atomic E-state index is 0.371. The van der Waals surface area contributed by atoms with Crippen LogP contribution in [-0.4, -0.2) is 5.52 Å². The molecule has 26 heavy (non-hydrogen) atoms. The summed E-state index contributed by atoms with van der Waals surface area (Å²) >= 11 is 0. The zero-order valence-electron chi connectivity index (χ0n) is 14.2. The van der Waals surface area contributed by atoms with Crippen LogP contribution in [0.2, 0.25) is 47.7 Å². The van der Waals surface area contributed by atoms with Gasteiger partial charge in [-0.25, -0.2) is 0 Å². The van der Waals surface area contributed by atoms with Crippen molar-refractivity contribution < 1.29 is 11.3 Å². The van der Waals surface area contributed by atoms with Gasteiger partial charge in [-0.3, -0.25) is 0 Å². The molecular weight excluding hydrogens is 379 g/mol. The Hall–Kier alpha value is -0.941. The monoisotopic (exact) mass is 398 g/mol. The van der Waals surface area contributed by atoms with Crippen LogP contribution in [0.3, 0.4) is 0 Å². The first-order valence-corrected chi connectivity index (χ1v) is 17.8. The molecule has 0 bridgehead atoms. The number of carbonyl (C=O) groups is 1. The van der Waals surface area contributed by atoms with Crippen LogP contribution >= 0.6 is 7.92 Å². The molecule has 1 spiro atoms. The van der Waals surface area contributed by atoms with Crippen LogP contribution in [0.15, 0.2) is 60.7 Å². The molecule has 0 aromatic heterocycles. The van der Waals surface area contributed by atoms with Gasteiger partial charge < -0.3 is 0 Å². The van der Waals surface area contributed by atoms with Gasteiger partial charge in [0, 0.05) is 0 Å². The Labute approximate surface area is 143 Å². The van der Waals surface area contributed by atoms with E-state index in [4.69, 9.17) is 0 Å². The van der Waals surface area contributed by atoms with Gasteiger partial charge in [-0.05, 0) is 0 Å². The van der Waals surface area contributed by atoms with Crippen LogP contribution in [0.5, 0.6) is 0 Å². The van der Waals surface area contributed by atoms with Crippen LogP contribution in [0.25, 0.3) is 0 Å². The zero-order valence-corrected chi connectivity index (χ0v) is 16.2. The average molecular weight is 398 g/mol. The van der Waals surface area contributed by atoms with Crippen LogP contribution in [0.1, 0.15) is 0 Å². The van der Waals surface area contributed by atoms with Crippen molar-refractivity contribution in [2.75, 3.05) is 0 Å². The normalized spacial score (nSPS) is 81.8. The van der Waals surface area contributed by atoms with Gasteiger partial charge in [-0.1, -0.05) is 0 Å². The Morgan fingerprint density at radius 1 is 0.692 bits per heavy atom. The third kappa shape index (κ3) is 0.185. The van der Waals surface area contributed by atoms with Crippen molar-refractivity contribution in [3.05, 3.63) is 60.7 Å². The van der Waals surface area contributed by atoms with Gasteiger partial charge in [0.25, 0.3) is 0 Å². The number of hydrogen-bond donors (Lipinski definition) is 0. The maximum absolute atomic E-state index is 14.6. The van der Waals surface area contributed by atoms with Crippen molar-refractivity contribution in [1.82, 2.24) is 0 Å². The van der Waals surface area contributed by atoms with Gasteiger partial charge in [0.1, 0.15) is 0 Å². The number of carbonyl (C=O) groups excluding carboxylic acids is 1. The molecule has 0 N–H and O–H groups in total. The van der Waals surface area contributed by atoms with Crippen LogP contribution in [0, 0.1) is 0 Å². The summed E-state index contributed by atoms with van der Waals surface area (Å²) in [5.41, 5.74) is 0.802. The zero-order chi connectivity index (χ0) is 16.4. The van der Waals surface area contributed by atoms with Crippen LogP contribution in [0.4, 0.5) is 0 Å².